The molecule has 0 aromatic rings. The number of aliphatic hydroxyl groups is 1. The molecule has 306 valence electrons. The van der Waals surface area contributed by atoms with E-state index >= 15 is 0 Å². The summed E-state index contributed by atoms with van der Waals surface area (Å²) in [6, 6.07) is 0. The third kappa shape index (κ3) is 28.9. The van der Waals surface area contributed by atoms with Crippen LogP contribution in [0.25, 0.3) is 0 Å². The van der Waals surface area contributed by atoms with E-state index in [1.54, 1.807) is 0 Å². The number of piperazine rings is 1. The van der Waals surface area contributed by atoms with Gasteiger partial charge in [0.05, 0.1) is 6.61 Å². The van der Waals surface area contributed by atoms with E-state index in [4.69, 9.17) is 5.11 Å². The molecule has 54 heavy (non-hydrogen) atoms. The predicted molar refractivity (Wildman–Crippen MR) is 243 cm³/mol. The molecule has 1 aliphatic heterocycles. The van der Waals surface area contributed by atoms with Crippen molar-refractivity contribution in [3.63, 3.8) is 0 Å². The zero-order valence-electron chi connectivity index (χ0n) is 37.3. The van der Waals surface area contributed by atoms with E-state index in [9.17, 15) is 0 Å². The minimum Gasteiger partial charge on any atom is -0.395 e. The zero-order chi connectivity index (χ0) is 40.0. The molecule has 1 saturated heterocycles. The Bertz CT molecular complexity index is 1300. The molecular formula is C51H86N2O. The van der Waals surface area contributed by atoms with Crippen LogP contribution in [0.3, 0.4) is 0 Å². The van der Waals surface area contributed by atoms with Crippen molar-refractivity contribution in [3.8, 4) is 0 Å². The van der Waals surface area contributed by atoms with Gasteiger partial charge in [-0.15, -0.1) is 0 Å². The van der Waals surface area contributed by atoms with Gasteiger partial charge in [-0.05, 0) is 172 Å². The summed E-state index contributed by atoms with van der Waals surface area (Å²) in [5.74, 6) is 0. The Morgan fingerprint density at radius 2 is 0.593 bits per heavy atom. The van der Waals surface area contributed by atoms with Crippen LogP contribution in [0.2, 0.25) is 0 Å². The first-order chi connectivity index (χ1) is 25.9. The SMILES string of the molecule is CC(C)=CCC/C(C)=C/CC/C(C)=C/CC/C(C)=C/CC/C(C)=C/CC/C(C)=C/CC/C(C)=C/CC/C(C)=C/CC/C(C)=C/CN1CCN(CCO)CC1. The second-order valence-electron chi connectivity index (χ2n) is 16.9. The molecule has 1 N–H and O–H groups in total. The molecule has 0 saturated carbocycles. The van der Waals surface area contributed by atoms with E-state index in [0.717, 1.165) is 84.2 Å². The second kappa shape index (κ2) is 31.7. The van der Waals surface area contributed by atoms with Crippen LogP contribution in [0.5, 0.6) is 0 Å². The fourth-order valence-corrected chi connectivity index (χ4v) is 6.85. The molecule has 0 aliphatic carbocycles. The van der Waals surface area contributed by atoms with Crippen LogP contribution in [0.15, 0.2) is 105 Å². The average molecular weight is 743 g/mol. The number of hydrogen-bond donors (Lipinski definition) is 1. The van der Waals surface area contributed by atoms with Crippen molar-refractivity contribution in [2.75, 3.05) is 45.9 Å². The normalized spacial score (nSPS) is 16.8. The van der Waals surface area contributed by atoms with Crippen LogP contribution in [0.4, 0.5) is 0 Å². The summed E-state index contributed by atoms with van der Waals surface area (Å²) in [5, 5.41) is 9.13. The maximum Gasteiger partial charge on any atom is 0.0558 e. The number of β-amino-alcohol motifs (C(OH)–C–C–N with tert-alkyl or cyclic N) is 1. The van der Waals surface area contributed by atoms with Crippen molar-refractivity contribution in [1.82, 2.24) is 9.80 Å². The average Bonchev–Trinajstić information content (AvgIpc) is 3.11. The standard InChI is InChI=1S/C51H86N2O/c1-43(2)19-11-20-44(3)21-12-22-45(4)23-13-24-46(5)25-14-26-47(6)27-15-28-48(7)29-16-30-49(8)31-17-32-50(9)33-18-34-51(10)35-36-52-37-39-53(40-38-52)41-42-54/h19,21,23,25,27,29,31,33,35,54H,11-18,20,22,24,26,28,30,32,34,36-42H2,1-10H3/b44-21+,45-23+,46-25+,47-27+,48-29+,49-31+,50-33+,51-35+. The second-order valence-corrected chi connectivity index (χ2v) is 16.9. The van der Waals surface area contributed by atoms with Crippen LogP contribution < -0.4 is 0 Å². The zero-order valence-corrected chi connectivity index (χ0v) is 37.3. The largest absolute Gasteiger partial charge is 0.395 e. The fraction of sp³-hybridized carbons (Fsp3) is 0.647. The Balaban J connectivity index is 2.20. The molecule has 0 atom stereocenters. The first-order valence-corrected chi connectivity index (χ1v) is 21.8. The molecule has 0 spiro atoms. The summed E-state index contributed by atoms with van der Waals surface area (Å²) in [6.07, 6.45) is 40.6. The highest BCUT2D eigenvalue weighted by atomic mass is 16.3. The van der Waals surface area contributed by atoms with E-state index in [-0.39, 0.29) is 6.61 Å². The molecule has 0 amide bonds. The van der Waals surface area contributed by atoms with E-state index < -0.39 is 0 Å². The molecule has 3 heteroatoms. The van der Waals surface area contributed by atoms with Crippen molar-refractivity contribution in [3.05, 3.63) is 105 Å². The molecule has 1 aliphatic rings. The maximum absolute atomic E-state index is 9.13. The Morgan fingerprint density at radius 1 is 0.352 bits per heavy atom. The molecule has 0 aromatic carbocycles. The molecule has 1 heterocycles. The Labute approximate surface area is 336 Å². The highest BCUT2D eigenvalue weighted by molar-refractivity contribution is 5.11. The molecule has 1 fully saturated rings. The van der Waals surface area contributed by atoms with E-state index in [0.29, 0.717) is 0 Å². The van der Waals surface area contributed by atoms with Crippen molar-refractivity contribution in [2.24, 2.45) is 0 Å². The minimum absolute atomic E-state index is 0.271. The van der Waals surface area contributed by atoms with Crippen molar-refractivity contribution < 1.29 is 5.11 Å². The monoisotopic (exact) mass is 743 g/mol. The highest BCUT2D eigenvalue weighted by Crippen LogP contribution is 2.18. The third-order valence-corrected chi connectivity index (χ3v) is 10.9. The van der Waals surface area contributed by atoms with Gasteiger partial charge in [-0.25, -0.2) is 0 Å². The predicted octanol–water partition coefficient (Wildman–Crippen LogP) is 14.4. The van der Waals surface area contributed by atoms with Crippen LogP contribution in [0.1, 0.15) is 172 Å². The Kier molecular flexibility index (Phi) is 29.1. The van der Waals surface area contributed by atoms with Crippen molar-refractivity contribution in [1.29, 1.82) is 0 Å². The summed E-state index contributed by atoms with van der Waals surface area (Å²) >= 11 is 0. The summed E-state index contributed by atoms with van der Waals surface area (Å²) < 4.78 is 0. The van der Waals surface area contributed by atoms with Crippen molar-refractivity contribution >= 4 is 0 Å². The van der Waals surface area contributed by atoms with Gasteiger partial charge in [0, 0.05) is 39.3 Å². The molecular weight excluding hydrogens is 657 g/mol. The molecule has 0 radical (unpaired) electrons. The number of nitrogens with zero attached hydrogens (tertiary/aromatic N) is 2. The van der Waals surface area contributed by atoms with Gasteiger partial charge in [0.25, 0.3) is 0 Å². The van der Waals surface area contributed by atoms with Crippen LogP contribution in [0, 0.1) is 0 Å². The third-order valence-electron chi connectivity index (χ3n) is 10.9. The maximum atomic E-state index is 9.13. The van der Waals surface area contributed by atoms with Gasteiger partial charge in [0.1, 0.15) is 0 Å². The van der Waals surface area contributed by atoms with Gasteiger partial charge in [-0.1, -0.05) is 105 Å². The summed E-state index contributed by atoms with van der Waals surface area (Å²) in [6.45, 7) is 29.3. The van der Waals surface area contributed by atoms with E-state index in [1.807, 2.05) is 0 Å². The lowest BCUT2D eigenvalue weighted by Crippen LogP contribution is -2.47. The number of hydrogen-bond acceptors (Lipinski definition) is 3. The first kappa shape index (κ1) is 49.6. The Hall–Kier alpha value is -2.46. The molecule has 1 rings (SSSR count). The van der Waals surface area contributed by atoms with E-state index in [2.05, 4.69) is 134 Å². The van der Waals surface area contributed by atoms with Gasteiger partial charge >= 0.3 is 0 Å². The number of rotatable bonds is 28. The van der Waals surface area contributed by atoms with E-state index in [1.165, 1.54) is 108 Å². The molecule has 0 bridgehead atoms. The first-order valence-electron chi connectivity index (χ1n) is 21.8. The quantitative estimate of drug-likeness (QED) is 0.0809. The fourth-order valence-electron chi connectivity index (χ4n) is 6.85. The minimum atomic E-state index is 0.271. The summed E-state index contributed by atoms with van der Waals surface area (Å²) in [4.78, 5) is 4.89. The van der Waals surface area contributed by atoms with Crippen LogP contribution >= 0.6 is 0 Å². The van der Waals surface area contributed by atoms with Gasteiger partial charge in [0.15, 0.2) is 0 Å². The molecule has 0 aromatic heterocycles. The van der Waals surface area contributed by atoms with Gasteiger partial charge in [-0.3, -0.25) is 9.80 Å². The number of aliphatic hydroxyl groups excluding tert-OH is 1. The highest BCUT2D eigenvalue weighted by Gasteiger charge is 2.15. The lowest BCUT2D eigenvalue weighted by atomic mass is 10.0. The number of allylic oxidation sites excluding steroid dienone is 17. The van der Waals surface area contributed by atoms with Gasteiger partial charge in [-0.2, -0.15) is 0 Å². The topological polar surface area (TPSA) is 26.7 Å². The summed E-state index contributed by atoms with van der Waals surface area (Å²) in [5.41, 5.74) is 13.6. The van der Waals surface area contributed by atoms with Crippen LogP contribution in [-0.4, -0.2) is 60.8 Å². The van der Waals surface area contributed by atoms with Gasteiger partial charge < -0.3 is 5.11 Å². The van der Waals surface area contributed by atoms with Crippen molar-refractivity contribution in [2.45, 2.75) is 172 Å². The molecule has 3 nitrogen and oxygen atoms in total. The van der Waals surface area contributed by atoms with Gasteiger partial charge in [0.2, 0.25) is 0 Å². The lowest BCUT2D eigenvalue weighted by Gasteiger charge is -2.33. The van der Waals surface area contributed by atoms with Crippen LogP contribution in [-0.2, 0) is 0 Å². The lowest BCUT2D eigenvalue weighted by molar-refractivity contribution is 0.120. The summed E-state index contributed by atoms with van der Waals surface area (Å²) in [7, 11) is 0. The smallest absolute Gasteiger partial charge is 0.0558 e. The Morgan fingerprint density at radius 3 is 0.852 bits per heavy atom. The molecule has 0 unspecified atom stereocenters.